The largest absolute Gasteiger partial charge is 0.340 e. The minimum Gasteiger partial charge on any atom is -0.340 e. The number of alkyl halides is 2. The van der Waals surface area contributed by atoms with Crippen LogP contribution in [0.5, 0.6) is 0 Å². The second kappa shape index (κ2) is 3.53. The summed E-state index contributed by atoms with van der Waals surface area (Å²) in [4.78, 5) is 3.85. The van der Waals surface area contributed by atoms with E-state index < -0.39 is 6.43 Å². The number of aromatic nitrogens is 2. The standard InChI is InChI=1S/C9H7ClF2N2/c10-8-3-6-1-2-14(5-9(11)12)7(6)4-13-8/h1-4,9H,5H2. The lowest BCUT2D eigenvalue weighted by atomic mass is 10.3. The van der Waals surface area contributed by atoms with Crippen molar-refractivity contribution in [2.24, 2.45) is 0 Å². The molecular weight excluding hydrogens is 210 g/mol. The molecule has 0 saturated carbocycles. The average molecular weight is 217 g/mol. The molecule has 0 aliphatic heterocycles. The van der Waals surface area contributed by atoms with Crippen LogP contribution >= 0.6 is 11.6 Å². The molecule has 2 heterocycles. The Bertz CT molecular complexity index is 453. The van der Waals surface area contributed by atoms with Crippen LogP contribution in [-0.2, 0) is 6.54 Å². The van der Waals surface area contributed by atoms with Crippen molar-refractivity contribution in [1.29, 1.82) is 0 Å². The second-order valence-corrected chi connectivity index (χ2v) is 3.31. The fourth-order valence-electron chi connectivity index (χ4n) is 1.37. The number of pyridine rings is 1. The molecule has 14 heavy (non-hydrogen) atoms. The van der Waals surface area contributed by atoms with E-state index in [9.17, 15) is 8.78 Å². The summed E-state index contributed by atoms with van der Waals surface area (Å²) in [6.45, 7) is -0.313. The van der Waals surface area contributed by atoms with Crippen molar-refractivity contribution in [3.05, 3.63) is 29.7 Å². The van der Waals surface area contributed by atoms with Gasteiger partial charge in [0.05, 0.1) is 18.3 Å². The van der Waals surface area contributed by atoms with E-state index in [4.69, 9.17) is 11.6 Å². The van der Waals surface area contributed by atoms with Crippen molar-refractivity contribution in [1.82, 2.24) is 9.55 Å². The van der Waals surface area contributed by atoms with Crippen LogP contribution in [0.2, 0.25) is 5.15 Å². The maximum Gasteiger partial charge on any atom is 0.256 e. The molecule has 0 spiro atoms. The zero-order chi connectivity index (χ0) is 10.1. The molecule has 0 fully saturated rings. The van der Waals surface area contributed by atoms with E-state index >= 15 is 0 Å². The van der Waals surface area contributed by atoms with Gasteiger partial charge in [0.1, 0.15) is 5.15 Å². The second-order valence-electron chi connectivity index (χ2n) is 2.93. The van der Waals surface area contributed by atoms with Gasteiger partial charge in [0, 0.05) is 11.6 Å². The van der Waals surface area contributed by atoms with Gasteiger partial charge < -0.3 is 4.57 Å². The van der Waals surface area contributed by atoms with E-state index in [0.717, 1.165) is 5.39 Å². The first kappa shape index (κ1) is 9.40. The molecule has 2 aromatic rings. The highest BCUT2D eigenvalue weighted by atomic mass is 35.5. The smallest absolute Gasteiger partial charge is 0.256 e. The van der Waals surface area contributed by atoms with Crippen LogP contribution < -0.4 is 0 Å². The molecule has 0 saturated heterocycles. The van der Waals surface area contributed by atoms with Crippen molar-refractivity contribution in [2.75, 3.05) is 0 Å². The Morgan fingerprint density at radius 3 is 3.00 bits per heavy atom. The van der Waals surface area contributed by atoms with Crippen LogP contribution in [0.1, 0.15) is 0 Å². The highest BCUT2D eigenvalue weighted by Crippen LogP contribution is 2.18. The third-order valence-electron chi connectivity index (χ3n) is 1.96. The van der Waals surface area contributed by atoms with Gasteiger partial charge in [-0.1, -0.05) is 11.6 Å². The molecule has 0 N–H and O–H groups in total. The highest BCUT2D eigenvalue weighted by molar-refractivity contribution is 6.30. The summed E-state index contributed by atoms with van der Waals surface area (Å²) in [7, 11) is 0. The Morgan fingerprint density at radius 1 is 1.50 bits per heavy atom. The van der Waals surface area contributed by atoms with Crippen LogP contribution in [0, 0.1) is 0 Å². The Hall–Kier alpha value is -1.16. The van der Waals surface area contributed by atoms with Crippen molar-refractivity contribution in [3.63, 3.8) is 0 Å². The first-order chi connectivity index (χ1) is 6.66. The molecule has 0 atom stereocenters. The third-order valence-corrected chi connectivity index (χ3v) is 2.17. The van der Waals surface area contributed by atoms with E-state index in [1.165, 1.54) is 10.8 Å². The zero-order valence-electron chi connectivity index (χ0n) is 7.12. The van der Waals surface area contributed by atoms with Gasteiger partial charge in [0.15, 0.2) is 0 Å². The van der Waals surface area contributed by atoms with Crippen LogP contribution in [0.3, 0.4) is 0 Å². The number of hydrogen-bond donors (Lipinski definition) is 0. The van der Waals surface area contributed by atoms with Gasteiger partial charge in [-0.15, -0.1) is 0 Å². The van der Waals surface area contributed by atoms with Crippen molar-refractivity contribution in [3.8, 4) is 0 Å². The minimum absolute atomic E-state index is 0.313. The van der Waals surface area contributed by atoms with Gasteiger partial charge in [0.2, 0.25) is 0 Å². The molecule has 0 aliphatic rings. The van der Waals surface area contributed by atoms with Crippen LogP contribution in [0.15, 0.2) is 24.5 Å². The molecule has 0 unspecified atom stereocenters. The van der Waals surface area contributed by atoms with Gasteiger partial charge in [-0.05, 0) is 12.1 Å². The Morgan fingerprint density at radius 2 is 2.29 bits per heavy atom. The normalized spacial score (nSPS) is 11.4. The number of hydrogen-bond acceptors (Lipinski definition) is 1. The van der Waals surface area contributed by atoms with Crippen LogP contribution in [0.25, 0.3) is 10.9 Å². The summed E-state index contributed by atoms with van der Waals surface area (Å²) in [5.74, 6) is 0. The van der Waals surface area contributed by atoms with Crippen molar-refractivity contribution >= 4 is 22.5 Å². The summed E-state index contributed by atoms with van der Waals surface area (Å²) in [6.07, 6.45) is 0.746. The summed E-state index contributed by atoms with van der Waals surface area (Å²) in [5.41, 5.74) is 0.676. The summed E-state index contributed by atoms with van der Waals surface area (Å²) < 4.78 is 25.7. The number of halogens is 3. The Balaban J connectivity index is 2.47. The Labute approximate surface area is 84.1 Å². The molecule has 2 rings (SSSR count). The zero-order valence-corrected chi connectivity index (χ0v) is 7.88. The Kier molecular flexibility index (Phi) is 2.37. The number of fused-ring (bicyclic) bond motifs is 1. The molecule has 74 valence electrons. The quantitative estimate of drug-likeness (QED) is 0.706. The monoisotopic (exact) mass is 216 g/mol. The van der Waals surface area contributed by atoms with E-state index in [-0.39, 0.29) is 6.54 Å². The van der Waals surface area contributed by atoms with Crippen LogP contribution in [-0.4, -0.2) is 16.0 Å². The maximum absolute atomic E-state index is 12.1. The van der Waals surface area contributed by atoms with E-state index in [1.54, 1.807) is 18.3 Å². The molecular formula is C9H7ClF2N2. The van der Waals surface area contributed by atoms with E-state index in [0.29, 0.717) is 10.7 Å². The molecule has 2 nitrogen and oxygen atoms in total. The number of rotatable bonds is 2. The minimum atomic E-state index is -2.36. The van der Waals surface area contributed by atoms with Gasteiger partial charge >= 0.3 is 0 Å². The van der Waals surface area contributed by atoms with Gasteiger partial charge in [0.25, 0.3) is 6.43 Å². The molecule has 0 radical (unpaired) electrons. The predicted molar refractivity (Wildman–Crippen MR) is 50.7 cm³/mol. The lowest BCUT2D eigenvalue weighted by Crippen LogP contribution is -2.04. The third kappa shape index (κ3) is 1.70. The van der Waals surface area contributed by atoms with Crippen molar-refractivity contribution in [2.45, 2.75) is 13.0 Å². The summed E-state index contributed by atoms with van der Waals surface area (Å²) >= 11 is 5.67. The molecule has 2 aromatic heterocycles. The molecule has 5 heteroatoms. The first-order valence-corrected chi connectivity index (χ1v) is 4.43. The molecule has 0 bridgehead atoms. The highest BCUT2D eigenvalue weighted by Gasteiger charge is 2.07. The fourth-order valence-corrected chi connectivity index (χ4v) is 1.54. The van der Waals surface area contributed by atoms with E-state index in [1.807, 2.05) is 0 Å². The topological polar surface area (TPSA) is 17.8 Å². The average Bonchev–Trinajstić information content (AvgIpc) is 2.47. The fraction of sp³-hybridized carbons (Fsp3) is 0.222. The van der Waals surface area contributed by atoms with Gasteiger partial charge in [-0.25, -0.2) is 13.8 Å². The van der Waals surface area contributed by atoms with Crippen molar-refractivity contribution < 1.29 is 8.78 Å². The number of nitrogens with zero attached hydrogens (tertiary/aromatic N) is 2. The lowest BCUT2D eigenvalue weighted by Gasteiger charge is -2.03. The van der Waals surface area contributed by atoms with Crippen LogP contribution in [0.4, 0.5) is 8.78 Å². The van der Waals surface area contributed by atoms with Gasteiger partial charge in [-0.2, -0.15) is 0 Å². The molecule has 0 aliphatic carbocycles. The van der Waals surface area contributed by atoms with E-state index in [2.05, 4.69) is 4.98 Å². The molecule has 0 aromatic carbocycles. The summed E-state index contributed by atoms with van der Waals surface area (Å²) in [5, 5.41) is 1.19. The maximum atomic E-state index is 12.1. The molecule has 0 amide bonds. The van der Waals surface area contributed by atoms with Gasteiger partial charge in [-0.3, -0.25) is 0 Å². The first-order valence-electron chi connectivity index (χ1n) is 4.05. The SMILES string of the molecule is FC(F)Cn1ccc2cc(Cl)ncc21. The summed E-state index contributed by atoms with van der Waals surface area (Å²) in [6, 6.07) is 3.39. The lowest BCUT2D eigenvalue weighted by molar-refractivity contribution is 0.128. The predicted octanol–water partition coefficient (Wildman–Crippen LogP) is 2.95.